The summed E-state index contributed by atoms with van der Waals surface area (Å²) in [4.78, 5) is 13.9. The maximum atomic E-state index is 12.4. The SMILES string of the molecule is NCC1(C(=O)NCCC2CCN(CC(F)(F)F)CC2)CCOCC1. The number of carbonyl (C=O) groups is 1. The van der Waals surface area contributed by atoms with Crippen LogP contribution >= 0.6 is 0 Å². The van der Waals surface area contributed by atoms with Crippen LogP contribution in [0.2, 0.25) is 0 Å². The molecule has 0 aromatic carbocycles. The standard InChI is InChI=1S/C16H28F3N3O2/c17-16(18,19)12-22-7-2-13(3-8-22)1-6-21-14(23)15(11-20)4-9-24-10-5-15/h13H,1-12,20H2,(H,21,23). The third-order valence-electron chi connectivity index (χ3n) is 5.27. The maximum Gasteiger partial charge on any atom is 0.401 e. The van der Waals surface area contributed by atoms with Crippen molar-refractivity contribution in [2.45, 2.75) is 38.3 Å². The molecule has 5 nitrogen and oxygen atoms in total. The Morgan fingerprint density at radius 3 is 2.42 bits per heavy atom. The monoisotopic (exact) mass is 351 g/mol. The van der Waals surface area contributed by atoms with Gasteiger partial charge in [0.15, 0.2) is 0 Å². The molecule has 24 heavy (non-hydrogen) atoms. The Kier molecular flexibility index (Phi) is 6.88. The molecule has 3 N–H and O–H groups in total. The summed E-state index contributed by atoms with van der Waals surface area (Å²) < 4.78 is 42.4. The van der Waals surface area contributed by atoms with E-state index in [0.29, 0.717) is 58.2 Å². The minimum absolute atomic E-state index is 0.0113. The third kappa shape index (κ3) is 5.60. The highest BCUT2D eigenvalue weighted by atomic mass is 19.4. The first kappa shape index (κ1) is 19.5. The van der Waals surface area contributed by atoms with Gasteiger partial charge in [0, 0.05) is 26.3 Å². The third-order valence-corrected chi connectivity index (χ3v) is 5.27. The molecule has 0 saturated carbocycles. The van der Waals surface area contributed by atoms with Gasteiger partial charge in [0.2, 0.25) is 5.91 Å². The van der Waals surface area contributed by atoms with E-state index in [0.717, 1.165) is 19.3 Å². The van der Waals surface area contributed by atoms with Crippen molar-refractivity contribution >= 4 is 5.91 Å². The second-order valence-electron chi connectivity index (χ2n) is 6.98. The number of rotatable bonds is 6. The van der Waals surface area contributed by atoms with Crippen molar-refractivity contribution in [2.75, 3.05) is 45.9 Å². The summed E-state index contributed by atoms with van der Waals surface area (Å²) in [5.74, 6) is 0.362. The van der Waals surface area contributed by atoms with E-state index in [1.54, 1.807) is 0 Å². The molecule has 0 atom stereocenters. The maximum absolute atomic E-state index is 12.4. The lowest BCUT2D eigenvalue weighted by atomic mass is 9.79. The highest BCUT2D eigenvalue weighted by Crippen LogP contribution is 2.29. The molecule has 0 radical (unpaired) electrons. The van der Waals surface area contributed by atoms with Crippen LogP contribution in [0.4, 0.5) is 13.2 Å². The van der Waals surface area contributed by atoms with Gasteiger partial charge in [-0.05, 0) is 51.1 Å². The van der Waals surface area contributed by atoms with Crippen LogP contribution in [0, 0.1) is 11.3 Å². The fraction of sp³-hybridized carbons (Fsp3) is 0.938. The van der Waals surface area contributed by atoms with Crippen molar-refractivity contribution in [1.82, 2.24) is 10.2 Å². The number of halogens is 3. The molecule has 2 fully saturated rings. The number of likely N-dealkylation sites (tertiary alicyclic amines) is 1. The van der Waals surface area contributed by atoms with Crippen LogP contribution in [-0.4, -0.2) is 62.9 Å². The first-order chi connectivity index (χ1) is 11.3. The molecule has 0 unspecified atom stereocenters. The van der Waals surface area contributed by atoms with Gasteiger partial charge in [-0.15, -0.1) is 0 Å². The van der Waals surface area contributed by atoms with Gasteiger partial charge in [0.1, 0.15) is 0 Å². The summed E-state index contributed by atoms with van der Waals surface area (Å²) in [7, 11) is 0. The number of ether oxygens (including phenoxy) is 1. The average molecular weight is 351 g/mol. The smallest absolute Gasteiger partial charge is 0.381 e. The topological polar surface area (TPSA) is 67.6 Å². The van der Waals surface area contributed by atoms with E-state index in [9.17, 15) is 18.0 Å². The number of nitrogens with two attached hydrogens (primary N) is 1. The van der Waals surface area contributed by atoms with E-state index in [1.165, 1.54) is 4.90 Å². The first-order valence-corrected chi connectivity index (χ1v) is 8.70. The van der Waals surface area contributed by atoms with Crippen LogP contribution < -0.4 is 11.1 Å². The Morgan fingerprint density at radius 1 is 1.25 bits per heavy atom. The van der Waals surface area contributed by atoms with Crippen LogP contribution in [0.15, 0.2) is 0 Å². The normalized spacial score (nSPS) is 23.2. The van der Waals surface area contributed by atoms with Crippen molar-refractivity contribution in [1.29, 1.82) is 0 Å². The summed E-state index contributed by atoms with van der Waals surface area (Å²) in [6.07, 6.45) is -0.524. The van der Waals surface area contributed by atoms with Gasteiger partial charge in [-0.3, -0.25) is 9.69 Å². The Morgan fingerprint density at radius 2 is 1.88 bits per heavy atom. The molecule has 0 aliphatic carbocycles. The van der Waals surface area contributed by atoms with Crippen molar-refractivity contribution in [3.05, 3.63) is 0 Å². The minimum atomic E-state index is -4.12. The second kappa shape index (κ2) is 8.49. The van der Waals surface area contributed by atoms with E-state index in [-0.39, 0.29) is 5.91 Å². The summed E-state index contributed by atoms with van der Waals surface area (Å²) in [6, 6.07) is 0. The Bertz CT molecular complexity index is 404. The summed E-state index contributed by atoms with van der Waals surface area (Å²) in [5.41, 5.74) is 5.29. The van der Waals surface area contributed by atoms with Crippen LogP contribution in [0.25, 0.3) is 0 Å². The van der Waals surface area contributed by atoms with Crippen molar-refractivity contribution in [3.8, 4) is 0 Å². The molecule has 2 aliphatic rings. The summed E-state index contributed by atoms with van der Waals surface area (Å²) >= 11 is 0. The fourth-order valence-corrected chi connectivity index (χ4v) is 3.55. The van der Waals surface area contributed by atoms with E-state index >= 15 is 0 Å². The molecule has 0 aromatic rings. The molecule has 140 valence electrons. The zero-order valence-electron chi connectivity index (χ0n) is 14.0. The van der Waals surface area contributed by atoms with Gasteiger partial charge in [-0.25, -0.2) is 0 Å². The van der Waals surface area contributed by atoms with Gasteiger partial charge >= 0.3 is 6.18 Å². The predicted molar refractivity (Wildman–Crippen MR) is 84.4 cm³/mol. The molecule has 1 amide bonds. The highest BCUT2D eigenvalue weighted by molar-refractivity contribution is 5.83. The number of piperidine rings is 1. The molecular weight excluding hydrogens is 323 g/mol. The lowest BCUT2D eigenvalue weighted by molar-refractivity contribution is -0.148. The molecule has 2 saturated heterocycles. The first-order valence-electron chi connectivity index (χ1n) is 8.70. The Balaban J connectivity index is 1.67. The second-order valence-corrected chi connectivity index (χ2v) is 6.98. The highest BCUT2D eigenvalue weighted by Gasteiger charge is 2.38. The number of alkyl halides is 3. The number of nitrogens with one attached hydrogen (secondary N) is 1. The molecule has 0 aromatic heterocycles. The van der Waals surface area contributed by atoms with Crippen molar-refractivity contribution in [3.63, 3.8) is 0 Å². The van der Waals surface area contributed by atoms with E-state index in [2.05, 4.69) is 5.32 Å². The predicted octanol–water partition coefficient (Wildman–Crippen LogP) is 1.52. The van der Waals surface area contributed by atoms with Crippen molar-refractivity contribution < 1.29 is 22.7 Å². The fourth-order valence-electron chi connectivity index (χ4n) is 3.55. The van der Waals surface area contributed by atoms with Crippen LogP contribution in [0.5, 0.6) is 0 Å². The molecule has 2 heterocycles. The van der Waals surface area contributed by atoms with Crippen LogP contribution in [0.1, 0.15) is 32.1 Å². The molecule has 2 aliphatic heterocycles. The zero-order chi connectivity index (χ0) is 17.6. The summed E-state index contributed by atoms with van der Waals surface area (Å²) in [5, 5.41) is 2.97. The number of amides is 1. The lowest BCUT2D eigenvalue weighted by Gasteiger charge is -2.35. The van der Waals surface area contributed by atoms with E-state index < -0.39 is 18.1 Å². The molecule has 0 spiro atoms. The lowest BCUT2D eigenvalue weighted by Crippen LogP contribution is -2.49. The van der Waals surface area contributed by atoms with Gasteiger partial charge in [0.05, 0.1) is 12.0 Å². The summed E-state index contributed by atoms with van der Waals surface area (Å²) in [6.45, 7) is 2.12. The Hall–Kier alpha value is -0.860. The molecular formula is C16H28F3N3O2. The van der Waals surface area contributed by atoms with E-state index in [1.807, 2.05) is 0 Å². The largest absolute Gasteiger partial charge is 0.401 e. The van der Waals surface area contributed by atoms with Crippen LogP contribution in [0.3, 0.4) is 0 Å². The van der Waals surface area contributed by atoms with Gasteiger partial charge in [0.25, 0.3) is 0 Å². The Labute approximate surface area is 141 Å². The number of nitrogens with zero attached hydrogens (tertiary/aromatic N) is 1. The molecule has 2 rings (SSSR count). The van der Waals surface area contributed by atoms with Crippen molar-refractivity contribution in [2.24, 2.45) is 17.1 Å². The number of carbonyl (C=O) groups excluding carboxylic acids is 1. The number of hydrogen-bond donors (Lipinski definition) is 2. The van der Waals surface area contributed by atoms with Gasteiger partial charge < -0.3 is 15.8 Å². The molecule has 8 heteroatoms. The van der Waals surface area contributed by atoms with Crippen LogP contribution in [-0.2, 0) is 9.53 Å². The van der Waals surface area contributed by atoms with Gasteiger partial charge in [-0.2, -0.15) is 13.2 Å². The van der Waals surface area contributed by atoms with E-state index in [4.69, 9.17) is 10.5 Å². The quantitative estimate of drug-likeness (QED) is 0.761. The zero-order valence-corrected chi connectivity index (χ0v) is 14.0. The van der Waals surface area contributed by atoms with Gasteiger partial charge in [-0.1, -0.05) is 0 Å². The average Bonchev–Trinajstić information content (AvgIpc) is 2.55. The molecule has 0 bridgehead atoms. The number of hydrogen-bond acceptors (Lipinski definition) is 4. The minimum Gasteiger partial charge on any atom is -0.381 e.